The van der Waals surface area contributed by atoms with E-state index in [9.17, 15) is 0 Å². The standard InChI is InChI=1S/C15H13N/c1-10(2)15-11(3)4-6-13-7-5-12(9-16)8-14(13)15/h4-8H,1H2,2-3H3. The molecule has 0 aliphatic heterocycles. The molecule has 0 bridgehead atoms. The van der Waals surface area contributed by atoms with E-state index >= 15 is 0 Å². The van der Waals surface area contributed by atoms with Crippen LogP contribution in [0, 0.1) is 18.3 Å². The summed E-state index contributed by atoms with van der Waals surface area (Å²) in [5, 5.41) is 11.2. The molecule has 0 amide bonds. The number of hydrogen-bond acceptors (Lipinski definition) is 1. The lowest BCUT2D eigenvalue weighted by atomic mass is 9.94. The van der Waals surface area contributed by atoms with Gasteiger partial charge in [-0.1, -0.05) is 30.4 Å². The number of aryl methyl sites for hydroxylation is 1. The molecule has 0 radical (unpaired) electrons. The molecule has 0 atom stereocenters. The molecule has 2 rings (SSSR count). The Morgan fingerprint density at radius 2 is 1.94 bits per heavy atom. The van der Waals surface area contributed by atoms with E-state index in [2.05, 4.69) is 31.7 Å². The summed E-state index contributed by atoms with van der Waals surface area (Å²) in [6.07, 6.45) is 0. The third kappa shape index (κ3) is 1.59. The zero-order valence-electron chi connectivity index (χ0n) is 9.54. The van der Waals surface area contributed by atoms with E-state index < -0.39 is 0 Å². The van der Waals surface area contributed by atoms with Crippen molar-refractivity contribution in [2.75, 3.05) is 0 Å². The van der Waals surface area contributed by atoms with Crippen molar-refractivity contribution < 1.29 is 0 Å². The molecule has 1 nitrogen and oxygen atoms in total. The van der Waals surface area contributed by atoms with E-state index in [4.69, 9.17) is 5.26 Å². The molecule has 0 aliphatic carbocycles. The van der Waals surface area contributed by atoms with Gasteiger partial charge in [-0.05, 0) is 47.9 Å². The average Bonchev–Trinajstić information content (AvgIpc) is 2.27. The number of allylic oxidation sites excluding steroid dienone is 1. The third-order valence-corrected chi connectivity index (χ3v) is 2.79. The van der Waals surface area contributed by atoms with Gasteiger partial charge < -0.3 is 0 Å². The highest BCUT2D eigenvalue weighted by molar-refractivity contribution is 5.95. The molecule has 1 heteroatoms. The normalized spacial score (nSPS) is 10.1. The number of hydrogen-bond donors (Lipinski definition) is 0. The van der Waals surface area contributed by atoms with Gasteiger partial charge in [0.05, 0.1) is 11.6 Å². The van der Waals surface area contributed by atoms with Gasteiger partial charge in [0.25, 0.3) is 0 Å². The Morgan fingerprint density at radius 3 is 2.56 bits per heavy atom. The molecule has 2 aromatic rings. The molecule has 78 valence electrons. The molecule has 0 unspecified atom stereocenters. The molecule has 0 aromatic heterocycles. The number of fused-ring (bicyclic) bond motifs is 1. The topological polar surface area (TPSA) is 23.8 Å². The van der Waals surface area contributed by atoms with Gasteiger partial charge in [0.1, 0.15) is 0 Å². The second-order valence-corrected chi connectivity index (χ2v) is 4.09. The van der Waals surface area contributed by atoms with Crippen LogP contribution in [0.3, 0.4) is 0 Å². The van der Waals surface area contributed by atoms with Crippen molar-refractivity contribution in [3.63, 3.8) is 0 Å². The number of rotatable bonds is 1. The SMILES string of the molecule is C=C(C)c1c(C)ccc2ccc(C#N)cc12. The summed E-state index contributed by atoms with van der Waals surface area (Å²) in [7, 11) is 0. The van der Waals surface area contributed by atoms with E-state index in [1.54, 1.807) is 0 Å². The fraction of sp³-hybridized carbons (Fsp3) is 0.133. The molecule has 0 saturated carbocycles. The summed E-state index contributed by atoms with van der Waals surface area (Å²) in [5.41, 5.74) is 4.10. The maximum absolute atomic E-state index is 8.92. The Balaban J connectivity index is 2.90. The van der Waals surface area contributed by atoms with Crippen molar-refractivity contribution in [3.8, 4) is 6.07 Å². The number of benzene rings is 2. The average molecular weight is 207 g/mol. The van der Waals surface area contributed by atoms with Crippen LogP contribution in [0.5, 0.6) is 0 Å². The summed E-state index contributed by atoms with van der Waals surface area (Å²) in [4.78, 5) is 0. The quantitative estimate of drug-likeness (QED) is 0.692. The first-order chi connectivity index (χ1) is 7.63. The second-order valence-electron chi connectivity index (χ2n) is 4.09. The molecule has 0 spiro atoms. The van der Waals surface area contributed by atoms with Crippen molar-refractivity contribution in [1.29, 1.82) is 5.26 Å². The van der Waals surface area contributed by atoms with Gasteiger partial charge in [0, 0.05) is 0 Å². The first-order valence-electron chi connectivity index (χ1n) is 5.23. The largest absolute Gasteiger partial charge is 0.192 e. The first kappa shape index (κ1) is 10.4. The zero-order chi connectivity index (χ0) is 11.7. The maximum Gasteiger partial charge on any atom is 0.0991 e. The van der Waals surface area contributed by atoms with Gasteiger partial charge >= 0.3 is 0 Å². The van der Waals surface area contributed by atoms with Gasteiger partial charge in [0.2, 0.25) is 0 Å². The predicted molar refractivity (Wildman–Crippen MR) is 68.1 cm³/mol. The molecular formula is C15H13N. The van der Waals surface area contributed by atoms with Gasteiger partial charge in [0.15, 0.2) is 0 Å². The molecule has 0 aliphatic rings. The Kier molecular flexibility index (Phi) is 2.50. The second kappa shape index (κ2) is 3.83. The van der Waals surface area contributed by atoms with Crippen LogP contribution in [0.2, 0.25) is 0 Å². The molecular weight excluding hydrogens is 194 g/mol. The Bertz CT molecular complexity index is 615. The van der Waals surface area contributed by atoms with E-state index in [1.807, 2.05) is 25.1 Å². The highest BCUT2D eigenvalue weighted by atomic mass is 14.2. The number of nitriles is 1. The zero-order valence-corrected chi connectivity index (χ0v) is 9.54. The van der Waals surface area contributed by atoms with E-state index in [0.717, 1.165) is 21.9 Å². The Labute approximate surface area is 95.6 Å². The molecule has 0 saturated heterocycles. The van der Waals surface area contributed by atoms with Crippen LogP contribution in [-0.2, 0) is 0 Å². The third-order valence-electron chi connectivity index (χ3n) is 2.79. The van der Waals surface area contributed by atoms with Crippen LogP contribution >= 0.6 is 0 Å². The fourth-order valence-electron chi connectivity index (χ4n) is 2.06. The molecule has 2 aromatic carbocycles. The molecule has 16 heavy (non-hydrogen) atoms. The van der Waals surface area contributed by atoms with Gasteiger partial charge in [-0.3, -0.25) is 0 Å². The highest BCUT2D eigenvalue weighted by Gasteiger charge is 2.06. The van der Waals surface area contributed by atoms with E-state index in [0.29, 0.717) is 5.56 Å². The lowest BCUT2D eigenvalue weighted by Crippen LogP contribution is -1.88. The van der Waals surface area contributed by atoms with Crippen LogP contribution in [0.4, 0.5) is 0 Å². The lowest BCUT2D eigenvalue weighted by molar-refractivity contribution is 1.44. The van der Waals surface area contributed by atoms with Gasteiger partial charge in [-0.2, -0.15) is 5.26 Å². The minimum atomic E-state index is 0.695. The monoisotopic (exact) mass is 207 g/mol. The Hall–Kier alpha value is -2.07. The summed E-state index contributed by atoms with van der Waals surface area (Å²) in [6, 6.07) is 12.1. The predicted octanol–water partition coefficient (Wildman–Crippen LogP) is 4.05. The van der Waals surface area contributed by atoms with Gasteiger partial charge in [-0.15, -0.1) is 0 Å². The van der Waals surface area contributed by atoms with Crippen molar-refractivity contribution in [2.45, 2.75) is 13.8 Å². The first-order valence-corrected chi connectivity index (χ1v) is 5.23. The van der Waals surface area contributed by atoms with E-state index in [-0.39, 0.29) is 0 Å². The van der Waals surface area contributed by atoms with Crippen molar-refractivity contribution >= 4 is 16.3 Å². The van der Waals surface area contributed by atoms with Crippen LogP contribution in [-0.4, -0.2) is 0 Å². The van der Waals surface area contributed by atoms with Crippen molar-refractivity contribution in [2.24, 2.45) is 0 Å². The van der Waals surface area contributed by atoms with Crippen LogP contribution in [0.25, 0.3) is 16.3 Å². The van der Waals surface area contributed by atoms with Crippen LogP contribution < -0.4 is 0 Å². The Morgan fingerprint density at radius 1 is 1.25 bits per heavy atom. The molecule has 0 fully saturated rings. The fourth-order valence-corrected chi connectivity index (χ4v) is 2.06. The lowest BCUT2D eigenvalue weighted by Gasteiger charge is -2.10. The van der Waals surface area contributed by atoms with Crippen LogP contribution in [0.15, 0.2) is 36.9 Å². The molecule has 0 heterocycles. The maximum atomic E-state index is 8.92. The summed E-state index contributed by atoms with van der Waals surface area (Å²) in [6.45, 7) is 8.08. The van der Waals surface area contributed by atoms with Crippen molar-refractivity contribution in [1.82, 2.24) is 0 Å². The minimum absolute atomic E-state index is 0.695. The minimum Gasteiger partial charge on any atom is -0.192 e. The van der Waals surface area contributed by atoms with Crippen molar-refractivity contribution in [3.05, 3.63) is 53.6 Å². The summed E-state index contributed by atoms with van der Waals surface area (Å²) in [5.74, 6) is 0. The van der Waals surface area contributed by atoms with Crippen LogP contribution in [0.1, 0.15) is 23.6 Å². The summed E-state index contributed by atoms with van der Waals surface area (Å²) >= 11 is 0. The highest BCUT2D eigenvalue weighted by Crippen LogP contribution is 2.28. The van der Waals surface area contributed by atoms with Gasteiger partial charge in [-0.25, -0.2) is 0 Å². The molecule has 0 N–H and O–H groups in total. The number of nitrogens with zero attached hydrogens (tertiary/aromatic N) is 1. The smallest absolute Gasteiger partial charge is 0.0991 e. The summed E-state index contributed by atoms with van der Waals surface area (Å²) < 4.78 is 0. The van der Waals surface area contributed by atoms with E-state index in [1.165, 1.54) is 5.56 Å².